The molecule has 0 spiro atoms. The number of aliphatic hydroxyl groups is 1. The van der Waals surface area contributed by atoms with Crippen molar-refractivity contribution in [2.24, 2.45) is 17.8 Å². The SMILES string of the molecule is C[C@@H](CO)NCC1CC2C=CC1C2. The molecule has 2 heteroatoms. The fourth-order valence-corrected chi connectivity index (χ4v) is 2.55. The van der Waals surface area contributed by atoms with Crippen molar-refractivity contribution in [2.75, 3.05) is 13.2 Å². The van der Waals surface area contributed by atoms with Gasteiger partial charge < -0.3 is 10.4 Å². The van der Waals surface area contributed by atoms with Gasteiger partial charge in [-0.15, -0.1) is 0 Å². The van der Waals surface area contributed by atoms with E-state index in [1.807, 2.05) is 6.92 Å². The van der Waals surface area contributed by atoms with Gasteiger partial charge >= 0.3 is 0 Å². The molecule has 2 aliphatic carbocycles. The average molecular weight is 181 g/mol. The second-order valence-electron chi connectivity index (χ2n) is 4.53. The van der Waals surface area contributed by atoms with Crippen LogP contribution in [0.5, 0.6) is 0 Å². The highest BCUT2D eigenvalue weighted by molar-refractivity contribution is 5.10. The molecule has 0 aromatic rings. The zero-order chi connectivity index (χ0) is 9.26. The number of rotatable bonds is 4. The van der Waals surface area contributed by atoms with E-state index in [9.17, 15) is 0 Å². The molecule has 0 heterocycles. The van der Waals surface area contributed by atoms with E-state index in [0.29, 0.717) is 0 Å². The Morgan fingerprint density at radius 1 is 1.46 bits per heavy atom. The van der Waals surface area contributed by atoms with Crippen LogP contribution < -0.4 is 5.32 Å². The lowest BCUT2D eigenvalue weighted by atomic mass is 9.93. The minimum absolute atomic E-state index is 0.247. The summed E-state index contributed by atoms with van der Waals surface area (Å²) < 4.78 is 0. The van der Waals surface area contributed by atoms with Gasteiger partial charge in [-0.25, -0.2) is 0 Å². The first-order valence-electron chi connectivity index (χ1n) is 5.32. The largest absolute Gasteiger partial charge is 0.395 e. The molecular formula is C11H19NO. The maximum Gasteiger partial charge on any atom is 0.0581 e. The topological polar surface area (TPSA) is 32.3 Å². The molecule has 0 amide bonds. The van der Waals surface area contributed by atoms with Gasteiger partial charge in [-0.1, -0.05) is 12.2 Å². The second-order valence-corrected chi connectivity index (χ2v) is 4.53. The van der Waals surface area contributed by atoms with Crippen LogP contribution in [0.4, 0.5) is 0 Å². The predicted molar refractivity (Wildman–Crippen MR) is 53.4 cm³/mol. The quantitative estimate of drug-likeness (QED) is 0.638. The minimum Gasteiger partial charge on any atom is -0.395 e. The molecule has 2 rings (SSSR count). The van der Waals surface area contributed by atoms with Crippen LogP contribution in [-0.2, 0) is 0 Å². The molecule has 0 aliphatic heterocycles. The number of allylic oxidation sites excluding steroid dienone is 2. The van der Waals surface area contributed by atoms with Gasteiger partial charge in [-0.3, -0.25) is 0 Å². The van der Waals surface area contributed by atoms with Gasteiger partial charge in [0.2, 0.25) is 0 Å². The highest BCUT2D eigenvalue weighted by Crippen LogP contribution is 2.42. The number of hydrogen-bond donors (Lipinski definition) is 2. The zero-order valence-electron chi connectivity index (χ0n) is 8.24. The van der Waals surface area contributed by atoms with Crippen LogP contribution in [-0.4, -0.2) is 24.3 Å². The van der Waals surface area contributed by atoms with Crippen LogP contribution >= 0.6 is 0 Å². The first kappa shape index (κ1) is 9.22. The molecule has 0 aromatic carbocycles. The lowest BCUT2D eigenvalue weighted by Crippen LogP contribution is -2.34. The van der Waals surface area contributed by atoms with Crippen LogP contribution in [0, 0.1) is 17.8 Å². The molecule has 74 valence electrons. The Bertz CT molecular complexity index is 202. The van der Waals surface area contributed by atoms with Crippen molar-refractivity contribution in [1.82, 2.24) is 5.32 Å². The van der Waals surface area contributed by atoms with E-state index in [1.54, 1.807) is 0 Å². The third kappa shape index (κ3) is 1.94. The summed E-state index contributed by atoms with van der Waals surface area (Å²) in [5.41, 5.74) is 0. The van der Waals surface area contributed by atoms with Gasteiger partial charge in [-0.05, 0) is 44.1 Å². The van der Waals surface area contributed by atoms with Crippen LogP contribution in [0.3, 0.4) is 0 Å². The van der Waals surface area contributed by atoms with Crippen molar-refractivity contribution in [3.63, 3.8) is 0 Å². The normalized spacial score (nSPS) is 38.5. The Morgan fingerprint density at radius 2 is 2.31 bits per heavy atom. The van der Waals surface area contributed by atoms with Gasteiger partial charge in [0.25, 0.3) is 0 Å². The Hall–Kier alpha value is -0.340. The van der Waals surface area contributed by atoms with Crippen LogP contribution in [0.2, 0.25) is 0 Å². The molecule has 0 saturated heterocycles. The third-order valence-electron chi connectivity index (χ3n) is 3.42. The monoisotopic (exact) mass is 181 g/mol. The van der Waals surface area contributed by atoms with Gasteiger partial charge in [0.05, 0.1) is 6.61 Å². The summed E-state index contributed by atoms with van der Waals surface area (Å²) in [6.07, 6.45) is 7.48. The van der Waals surface area contributed by atoms with Crippen molar-refractivity contribution in [3.05, 3.63) is 12.2 Å². The summed E-state index contributed by atoms with van der Waals surface area (Å²) in [7, 11) is 0. The summed E-state index contributed by atoms with van der Waals surface area (Å²) in [5.74, 6) is 2.51. The molecule has 0 radical (unpaired) electrons. The van der Waals surface area contributed by atoms with Gasteiger partial charge in [0.1, 0.15) is 0 Å². The molecule has 0 aromatic heterocycles. The highest BCUT2D eigenvalue weighted by atomic mass is 16.3. The summed E-state index contributed by atoms with van der Waals surface area (Å²) in [6, 6.07) is 0.253. The van der Waals surface area contributed by atoms with Crippen molar-refractivity contribution < 1.29 is 5.11 Å². The molecule has 13 heavy (non-hydrogen) atoms. The first-order chi connectivity index (χ1) is 6.29. The maximum absolute atomic E-state index is 8.86. The fraction of sp³-hybridized carbons (Fsp3) is 0.818. The lowest BCUT2D eigenvalue weighted by Gasteiger charge is -2.20. The molecule has 3 unspecified atom stereocenters. The molecule has 4 atom stereocenters. The number of fused-ring (bicyclic) bond motifs is 2. The molecule has 1 saturated carbocycles. The van der Waals surface area contributed by atoms with Crippen molar-refractivity contribution in [3.8, 4) is 0 Å². The Labute approximate surface area is 80.0 Å². The predicted octanol–water partition coefficient (Wildman–Crippen LogP) is 1.17. The van der Waals surface area contributed by atoms with Gasteiger partial charge in [0, 0.05) is 6.04 Å². The number of aliphatic hydroxyl groups excluding tert-OH is 1. The fourth-order valence-electron chi connectivity index (χ4n) is 2.55. The summed E-state index contributed by atoms with van der Waals surface area (Å²) in [4.78, 5) is 0. The number of nitrogens with one attached hydrogen (secondary N) is 1. The van der Waals surface area contributed by atoms with E-state index in [0.717, 1.165) is 24.3 Å². The minimum atomic E-state index is 0.247. The van der Waals surface area contributed by atoms with Gasteiger partial charge in [0.15, 0.2) is 0 Å². The number of hydrogen-bond acceptors (Lipinski definition) is 2. The van der Waals surface area contributed by atoms with E-state index in [2.05, 4.69) is 17.5 Å². The lowest BCUT2D eigenvalue weighted by molar-refractivity contribution is 0.242. The average Bonchev–Trinajstić information content (AvgIpc) is 2.74. The first-order valence-corrected chi connectivity index (χ1v) is 5.32. The van der Waals surface area contributed by atoms with Crippen molar-refractivity contribution >= 4 is 0 Å². The Morgan fingerprint density at radius 3 is 2.85 bits per heavy atom. The standard InChI is InChI=1S/C11H19NO/c1-8(7-13)12-6-11-5-9-2-3-10(11)4-9/h2-3,8-13H,4-7H2,1H3/t8-,9?,10?,11?/m0/s1. The van der Waals surface area contributed by atoms with E-state index in [-0.39, 0.29) is 12.6 Å². The van der Waals surface area contributed by atoms with Crippen LogP contribution in [0.25, 0.3) is 0 Å². The smallest absolute Gasteiger partial charge is 0.0581 e. The zero-order valence-corrected chi connectivity index (χ0v) is 8.24. The van der Waals surface area contributed by atoms with Crippen molar-refractivity contribution in [2.45, 2.75) is 25.8 Å². The molecule has 2 N–H and O–H groups in total. The summed E-state index contributed by atoms with van der Waals surface area (Å²) in [6.45, 7) is 3.35. The highest BCUT2D eigenvalue weighted by Gasteiger charge is 2.35. The summed E-state index contributed by atoms with van der Waals surface area (Å²) in [5, 5.41) is 12.2. The van der Waals surface area contributed by atoms with Gasteiger partial charge in [-0.2, -0.15) is 0 Å². The molecule has 2 aliphatic rings. The Kier molecular flexibility index (Phi) is 2.70. The maximum atomic E-state index is 8.86. The molecule has 2 bridgehead atoms. The molecule has 2 nitrogen and oxygen atoms in total. The van der Waals surface area contributed by atoms with Crippen LogP contribution in [0.1, 0.15) is 19.8 Å². The van der Waals surface area contributed by atoms with E-state index in [1.165, 1.54) is 12.8 Å². The Balaban J connectivity index is 1.75. The van der Waals surface area contributed by atoms with E-state index in [4.69, 9.17) is 5.11 Å². The third-order valence-corrected chi connectivity index (χ3v) is 3.42. The molecular weight excluding hydrogens is 162 g/mol. The summed E-state index contributed by atoms with van der Waals surface area (Å²) >= 11 is 0. The second kappa shape index (κ2) is 3.81. The van der Waals surface area contributed by atoms with Crippen molar-refractivity contribution in [1.29, 1.82) is 0 Å². The van der Waals surface area contributed by atoms with Crippen LogP contribution in [0.15, 0.2) is 12.2 Å². The molecule has 1 fully saturated rings. The van der Waals surface area contributed by atoms with E-state index >= 15 is 0 Å². The van der Waals surface area contributed by atoms with E-state index < -0.39 is 0 Å².